The molecule has 0 bridgehead atoms. The highest BCUT2D eigenvalue weighted by molar-refractivity contribution is 9.10. The quantitative estimate of drug-likeness (QED) is 0.237. The van der Waals surface area contributed by atoms with Crippen LogP contribution in [0.5, 0.6) is 5.75 Å². The van der Waals surface area contributed by atoms with Crippen LogP contribution in [0.25, 0.3) is 0 Å². The van der Waals surface area contributed by atoms with E-state index in [1.807, 2.05) is 48.5 Å². The van der Waals surface area contributed by atoms with E-state index in [1.54, 1.807) is 18.2 Å². The van der Waals surface area contributed by atoms with Crippen molar-refractivity contribution in [2.75, 3.05) is 0 Å². The van der Waals surface area contributed by atoms with Gasteiger partial charge in [-0.05, 0) is 36.1 Å². The van der Waals surface area contributed by atoms with Crippen LogP contribution in [-0.4, -0.2) is 11.8 Å². The molecule has 0 amide bonds. The number of carbonyl (C=O) groups excluding carboxylic acids is 2. The molecule has 3 atom stereocenters. The molecule has 0 spiro atoms. The molecule has 4 heteroatoms. The van der Waals surface area contributed by atoms with E-state index in [0.29, 0.717) is 17.7 Å². The van der Waals surface area contributed by atoms with Crippen molar-refractivity contribution in [2.45, 2.75) is 18.3 Å². The second-order valence-electron chi connectivity index (χ2n) is 7.43. The van der Waals surface area contributed by atoms with Crippen LogP contribution >= 0.6 is 15.9 Å². The molecular weight excluding hydrogens is 416 g/mol. The molecule has 3 aromatic carbocycles. The Bertz CT molecular complexity index is 1070. The molecule has 5 rings (SSSR count). The Kier molecular flexibility index (Phi) is 3.98. The van der Waals surface area contributed by atoms with Gasteiger partial charge in [-0.2, -0.15) is 0 Å². The summed E-state index contributed by atoms with van der Waals surface area (Å²) in [7, 11) is 0. The van der Waals surface area contributed by atoms with Crippen molar-refractivity contribution < 1.29 is 14.3 Å². The lowest BCUT2D eigenvalue weighted by molar-refractivity contribution is -0.153. The average molecular weight is 433 g/mol. The summed E-state index contributed by atoms with van der Waals surface area (Å²) in [5.74, 6) is -0.145. The minimum atomic E-state index is -1.16. The molecule has 3 aromatic rings. The summed E-state index contributed by atoms with van der Waals surface area (Å²) in [6.07, 6.45) is 0.459. The maximum Gasteiger partial charge on any atom is 0.326 e. The highest BCUT2D eigenvalue weighted by atomic mass is 79.9. The fraction of sp³-hybridized carbons (Fsp3) is 0.167. The SMILES string of the molecule is O=C1Oc2ccccc2[C@H]2[C@H](c3ccc(Br)cc3)C[C@@]12C(=O)c1ccccc1. The van der Waals surface area contributed by atoms with Crippen LogP contribution in [0.15, 0.2) is 83.3 Å². The zero-order valence-corrected chi connectivity index (χ0v) is 16.6. The fourth-order valence-electron chi connectivity index (χ4n) is 4.68. The van der Waals surface area contributed by atoms with Crippen LogP contribution in [0.1, 0.15) is 39.7 Å². The zero-order valence-electron chi connectivity index (χ0n) is 15.0. The minimum Gasteiger partial charge on any atom is -0.425 e. The van der Waals surface area contributed by atoms with Crippen LogP contribution in [0.2, 0.25) is 0 Å². The first-order valence-corrected chi connectivity index (χ1v) is 10.1. The molecule has 1 fully saturated rings. The van der Waals surface area contributed by atoms with Gasteiger partial charge in [-0.1, -0.05) is 76.6 Å². The molecule has 1 aliphatic heterocycles. The molecule has 28 heavy (non-hydrogen) atoms. The third kappa shape index (κ3) is 2.41. The van der Waals surface area contributed by atoms with Crippen molar-refractivity contribution in [3.63, 3.8) is 0 Å². The predicted molar refractivity (Wildman–Crippen MR) is 110 cm³/mol. The molecular formula is C24H17BrO3. The maximum atomic E-state index is 13.5. The number of ketones is 1. The molecule has 0 radical (unpaired) electrons. The van der Waals surface area contributed by atoms with Gasteiger partial charge in [0.05, 0.1) is 0 Å². The van der Waals surface area contributed by atoms with E-state index in [2.05, 4.69) is 28.1 Å². The van der Waals surface area contributed by atoms with E-state index in [-0.39, 0.29) is 17.6 Å². The summed E-state index contributed by atoms with van der Waals surface area (Å²) in [6.45, 7) is 0. The number of esters is 1. The van der Waals surface area contributed by atoms with Crippen LogP contribution in [0, 0.1) is 5.41 Å². The Morgan fingerprint density at radius 3 is 2.36 bits per heavy atom. The Morgan fingerprint density at radius 1 is 0.929 bits per heavy atom. The van der Waals surface area contributed by atoms with Gasteiger partial charge in [-0.15, -0.1) is 0 Å². The van der Waals surface area contributed by atoms with Gasteiger partial charge in [-0.25, -0.2) is 0 Å². The van der Waals surface area contributed by atoms with Crippen molar-refractivity contribution in [3.8, 4) is 5.75 Å². The van der Waals surface area contributed by atoms with E-state index in [4.69, 9.17) is 4.74 Å². The molecule has 2 aliphatic rings. The molecule has 3 nitrogen and oxygen atoms in total. The Morgan fingerprint density at radius 2 is 1.61 bits per heavy atom. The molecule has 0 saturated heterocycles. The second kappa shape index (κ2) is 6.42. The molecule has 1 heterocycles. The van der Waals surface area contributed by atoms with Crippen LogP contribution < -0.4 is 4.74 Å². The number of rotatable bonds is 3. The summed E-state index contributed by atoms with van der Waals surface area (Å²) in [6, 6.07) is 24.8. The number of halogens is 1. The van der Waals surface area contributed by atoms with Gasteiger partial charge < -0.3 is 4.74 Å². The Labute approximate surface area is 171 Å². The van der Waals surface area contributed by atoms with Crippen molar-refractivity contribution >= 4 is 27.7 Å². The van der Waals surface area contributed by atoms with E-state index < -0.39 is 11.4 Å². The Balaban J connectivity index is 1.65. The first-order chi connectivity index (χ1) is 13.6. The maximum absolute atomic E-state index is 13.5. The highest BCUT2D eigenvalue weighted by Gasteiger charge is 2.67. The van der Waals surface area contributed by atoms with E-state index in [9.17, 15) is 9.59 Å². The summed E-state index contributed by atoms with van der Waals surface area (Å²) >= 11 is 3.47. The van der Waals surface area contributed by atoms with E-state index in [0.717, 1.165) is 15.6 Å². The van der Waals surface area contributed by atoms with Crippen LogP contribution in [-0.2, 0) is 4.79 Å². The second-order valence-corrected chi connectivity index (χ2v) is 8.35. The van der Waals surface area contributed by atoms with Crippen molar-refractivity contribution in [3.05, 3.63) is 100 Å². The van der Waals surface area contributed by atoms with Gasteiger partial charge in [0.25, 0.3) is 0 Å². The molecule has 0 unspecified atom stereocenters. The van der Waals surface area contributed by atoms with Gasteiger partial charge in [0.2, 0.25) is 0 Å². The topological polar surface area (TPSA) is 43.4 Å². The van der Waals surface area contributed by atoms with E-state index >= 15 is 0 Å². The molecule has 138 valence electrons. The van der Waals surface area contributed by atoms with Gasteiger partial charge in [0, 0.05) is 21.5 Å². The van der Waals surface area contributed by atoms with Crippen molar-refractivity contribution in [1.29, 1.82) is 0 Å². The minimum absolute atomic E-state index is 0.0924. The number of ether oxygens (including phenoxy) is 1. The predicted octanol–water partition coefficient (Wildman–Crippen LogP) is 5.51. The summed E-state index contributed by atoms with van der Waals surface area (Å²) < 4.78 is 6.65. The fourth-order valence-corrected chi connectivity index (χ4v) is 4.95. The monoisotopic (exact) mass is 432 g/mol. The van der Waals surface area contributed by atoms with E-state index in [1.165, 1.54) is 0 Å². The number of carbonyl (C=O) groups is 2. The third-order valence-electron chi connectivity index (χ3n) is 6.04. The number of para-hydroxylation sites is 1. The lowest BCUT2D eigenvalue weighted by Crippen LogP contribution is -2.59. The molecule has 1 saturated carbocycles. The third-order valence-corrected chi connectivity index (χ3v) is 6.56. The lowest BCUT2D eigenvalue weighted by Gasteiger charge is -2.54. The van der Waals surface area contributed by atoms with Gasteiger partial charge in [0.1, 0.15) is 11.2 Å². The van der Waals surface area contributed by atoms with Crippen LogP contribution in [0.4, 0.5) is 0 Å². The normalized spacial score (nSPS) is 25.1. The number of hydrogen-bond donors (Lipinski definition) is 0. The lowest BCUT2D eigenvalue weighted by atomic mass is 9.47. The Hall–Kier alpha value is -2.72. The number of hydrogen-bond acceptors (Lipinski definition) is 3. The molecule has 0 N–H and O–H groups in total. The number of Topliss-reactive ketones (excluding diaryl/α,β-unsaturated/α-hetero) is 1. The summed E-state index contributed by atoms with van der Waals surface area (Å²) in [4.78, 5) is 26.7. The van der Waals surface area contributed by atoms with Crippen molar-refractivity contribution in [2.24, 2.45) is 5.41 Å². The van der Waals surface area contributed by atoms with Gasteiger partial charge in [0.15, 0.2) is 5.78 Å². The molecule has 0 aromatic heterocycles. The number of benzene rings is 3. The average Bonchev–Trinajstić information content (AvgIpc) is 2.70. The smallest absolute Gasteiger partial charge is 0.326 e. The first kappa shape index (κ1) is 17.4. The first-order valence-electron chi connectivity index (χ1n) is 9.28. The van der Waals surface area contributed by atoms with Crippen LogP contribution in [0.3, 0.4) is 0 Å². The standard InChI is InChI=1S/C24H17BrO3/c25-17-12-10-15(11-13-17)19-14-24(22(26)16-6-2-1-3-7-16)21(19)18-8-4-5-9-20(18)28-23(24)27/h1-13,19,21H,14H2/t19-,21-,24+/m0/s1. The summed E-state index contributed by atoms with van der Waals surface area (Å²) in [5, 5.41) is 0. The van der Waals surface area contributed by atoms with Gasteiger partial charge in [-0.3, -0.25) is 9.59 Å². The number of fused-ring (bicyclic) bond motifs is 3. The molecule has 1 aliphatic carbocycles. The largest absolute Gasteiger partial charge is 0.425 e. The zero-order chi connectivity index (χ0) is 19.3. The highest BCUT2D eigenvalue weighted by Crippen LogP contribution is 2.66. The summed E-state index contributed by atoms with van der Waals surface area (Å²) in [5.41, 5.74) is 1.46. The van der Waals surface area contributed by atoms with Gasteiger partial charge >= 0.3 is 5.97 Å². The van der Waals surface area contributed by atoms with Crippen molar-refractivity contribution in [1.82, 2.24) is 0 Å².